The van der Waals surface area contributed by atoms with Crippen LogP contribution in [0.4, 0.5) is 0 Å². The molecule has 80 valence electrons. The quantitative estimate of drug-likeness (QED) is 0.409. The normalized spacial score (nSPS) is 10.1. The first-order valence-electron chi connectivity index (χ1n) is 3.99. The molecule has 14 heavy (non-hydrogen) atoms. The lowest BCUT2D eigenvalue weighted by atomic mass is 10.3. The maximum Gasteiger partial charge on any atom is 0.231 e. The van der Waals surface area contributed by atoms with Crippen molar-refractivity contribution in [3.8, 4) is 0 Å². The fourth-order valence-electron chi connectivity index (χ4n) is 0.923. The largest absolute Gasteiger partial charge is 0.370 e. The Morgan fingerprint density at radius 3 is 1.57 bits per heavy atom. The van der Waals surface area contributed by atoms with E-state index in [4.69, 9.17) is 17.2 Å². The molecule has 0 heterocycles. The number of rotatable bonds is 7. The molecule has 6 N–H and O–H groups in total. The lowest BCUT2D eigenvalue weighted by Gasteiger charge is -2.17. The zero-order valence-electron chi connectivity index (χ0n) is 7.73. The molecular weight excluding hydrogens is 188 g/mol. The average Bonchev–Trinajstić information content (AvgIpc) is 1.97. The predicted molar refractivity (Wildman–Crippen MR) is 48.6 cm³/mol. The lowest BCUT2D eigenvalue weighted by Crippen LogP contribution is -2.41. The van der Waals surface area contributed by atoms with Crippen molar-refractivity contribution in [3.63, 3.8) is 0 Å². The SMILES string of the molecule is NC(=O)CCN(CC(N)=O)CC(N)=O. The van der Waals surface area contributed by atoms with Crippen molar-refractivity contribution in [2.24, 2.45) is 17.2 Å². The standard InChI is InChI=1S/C7H14N4O3/c8-5(12)1-2-11(3-6(9)13)4-7(10)14/h1-4H2,(H2,8,12)(H2,9,13)(H2,10,14). The Morgan fingerprint density at radius 2 is 1.29 bits per heavy atom. The van der Waals surface area contributed by atoms with Crippen LogP contribution < -0.4 is 17.2 Å². The first kappa shape index (κ1) is 12.4. The fourth-order valence-corrected chi connectivity index (χ4v) is 0.923. The number of hydrogen-bond donors (Lipinski definition) is 3. The molecule has 0 rings (SSSR count). The molecule has 0 aromatic carbocycles. The molecule has 7 heteroatoms. The third-order valence-corrected chi connectivity index (χ3v) is 1.43. The Hall–Kier alpha value is -1.63. The van der Waals surface area contributed by atoms with E-state index in [1.165, 1.54) is 4.90 Å². The van der Waals surface area contributed by atoms with Crippen molar-refractivity contribution in [2.45, 2.75) is 6.42 Å². The van der Waals surface area contributed by atoms with E-state index in [2.05, 4.69) is 0 Å². The summed E-state index contributed by atoms with van der Waals surface area (Å²) in [5.74, 6) is -1.68. The van der Waals surface area contributed by atoms with Crippen LogP contribution in [0.5, 0.6) is 0 Å². The molecule has 0 aromatic rings. The van der Waals surface area contributed by atoms with Crippen LogP contribution in [0.25, 0.3) is 0 Å². The Labute approximate surface area is 81.2 Å². The molecule has 0 saturated heterocycles. The van der Waals surface area contributed by atoms with E-state index < -0.39 is 17.7 Å². The van der Waals surface area contributed by atoms with Gasteiger partial charge in [-0.25, -0.2) is 0 Å². The first-order valence-corrected chi connectivity index (χ1v) is 3.99. The van der Waals surface area contributed by atoms with Gasteiger partial charge in [-0.2, -0.15) is 0 Å². The molecule has 0 unspecified atom stereocenters. The van der Waals surface area contributed by atoms with E-state index in [1.807, 2.05) is 0 Å². The van der Waals surface area contributed by atoms with Gasteiger partial charge in [0.1, 0.15) is 0 Å². The zero-order chi connectivity index (χ0) is 11.1. The van der Waals surface area contributed by atoms with Crippen LogP contribution in [-0.4, -0.2) is 42.3 Å². The average molecular weight is 202 g/mol. The fraction of sp³-hybridized carbons (Fsp3) is 0.571. The number of hydrogen-bond acceptors (Lipinski definition) is 4. The molecule has 0 aliphatic heterocycles. The Kier molecular flexibility index (Phi) is 5.23. The van der Waals surface area contributed by atoms with Crippen LogP contribution in [0.15, 0.2) is 0 Å². The van der Waals surface area contributed by atoms with Crippen LogP contribution in [0, 0.1) is 0 Å². The van der Waals surface area contributed by atoms with E-state index in [0.717, 1.165) is 0 Å². The van der Waals surface area contributed by atoms with Crippen LogP contribution in [-0.2, 0) is 14.4 Å². The number of carbonyl (C=O) groups is 3. The van der Waals surface area contributed by atoms with Gasteiger partial charge >= 0.3 is 0 Å². The van der Waals surface area contributed by atoms with Gasteiger partial charge in [-0.1, -0.05) is 0 Å². The maximum absolute atomic E-state index is 10.5. The van der Waals surface area contributed by atoms with Gasteiger partial charge in [0, 0.05) is 13.0 Å². The highest BCUT2D eigenvalue weighted by molar-refractivity contribution is 5.79. The zero-order valence-corrected chi connectivity index (χ0v) is 7.73. The second-order valence-corrected chi connectivity index (χ2v) is 2.86. The van der Waals surface area contributed by atoms with Crippen molar-refractivity contribution in [1.29, 1.82) is 0 Å². The van der Waals surface area contributed by atoms with E-state index in [0.29, 0.717) is 0 Å². The summed E-state index contributed by atoms with van der Waals surface area (Å²) in [7, 11) is 0. The summed E-state index contributed by atoms with van der Waals surface area (Å²) in [6.45, 7) is -0.0341. The molecule has 0 atom stereocenters. The summed E-state index contributed by atoms with van der Waals surface area (Å²) in [6.07, 6.45) is 0.0561. The maximum atomic E-state index is 10.5. The van der Waals surface area contributed by atoms with Gasteiger partial charge in [0.2, 0.25) is 17.7 Å². The number of carbonyl (C=O) groups excluding carboxylic acids is 3. The van der Waals surface area contributed by atoms with E-state index in [1.54, 1.807) is 0 Å². The second-order valence-electron chi connectivity index (χ2n) is 2.86. The van der Waals surface area contributed by atoms with Crippen molar-refractivity contribution in [1.82, 2.24) is 4.90 Å². The Morgan fingerprint density at radius 1 is 0.857 bits per heavy atom. The monoisotopic (exact) mass is 202 g/mol. The second kappa shape index (κ2) is 5.92. The van der Waals surface area contributed by atoms with E-state index in [-0.39, 0.29) is 26.1 Å². The third-order valence-electron chi connectivity index (χ3n) is 1.43. The Balaban J connectivity index is 4.03. The van der Waals surface area contributed by atoms with Gasteiger partial charge in [-0.05, 0) is 0 Å². The van der Waals surface area contributed by atoms with Gasteiger partial charge in [0.15, 0.2) is 0 Å². The number of nitrogens with two attached hydrogens (primary N) is 3. The molecule has 0 saturated carbocycles. The topological polar surface area (TPSA) is 133 Å². The van der Waals surface area contributed by atoms with Crippen LogP contribution in [0.3, 0.4) is 0 Å². The summed E-state index contributed by atoms with van der Waals surface area (Å²) < 4.78 is 0. The summed E-state index contributed by atoms with van der Waals surface area (Å²) in [6, 6.07) is 0. The molecule has 0 aliphatic rings. The molecule has 0 bridgehead atoms. The minimum Gasteiger partial charge on any atom is -0.370 e. The number of amides is 3. The van der Waals surface area contributed by atoms with Crippen molar-refractivity contribution in [2.75, 3.05) is 19.6 Å². The summed E-state index contributed by atoms with van der Waals surface area (Å²) in [5.41, 5.74) is 14.8. The molecule has 3 amide bonds. The molecule has 0 fully saturated rings. The van der Waals surface area contributed by atoms with Crippen molar-refractivity contribution >= 4 is 17.7 Å². The van der Waals surface area contributed by atoms with Gasteiger partial charge in [0.05, 0.1) is 13.1 Å². The highest BCUT2D eigenvalue weighted by Gasteiger charge is 2.11. The molecule has 0 aromatic heterocycles. The smallest absolute Gasteiger partial charge is 0.231 e. The number of nitrogens with zero attached hydrogens (tertiary/aromatic N) is 1. The number of primary amides is 3. The third kappa shape index (κ3) is 7.04. The van der Waals surface area contributed by atoms with Gasteiger partial charge in [0.25, 0.3) is 0 Å². The van der Waals surface area contributed by atoms with Gasteiger partial charge in [-0.15, -0.1) is 0 Å². The minimum absolute atomic E-state index is 0.0561. The first-order chi connectivity index (χ1) is 6.41. The molecular formula is C7H14N4O3. The van der Waals surface area contributed by atoms with E-state index in [9.17, 15) is 14.4 Å². The van der Waals surface area contributed by atoms with Crippen molar-refractivity contribution in [3.05, 3.63) is 0 Å². The summed E-state index contributed by atoms with van der Waals surface area (Å²) in [4.78, 5) is 32.9. The van der Waals surface area contributed by atoms with Crippen LogP contribution in [0.1, 0.15) is 6.42 Å². The van der Waals surface area contributed by atoms with Crippen LogP contribution >= 0.6 is 0 Å². The Bertz CT molecular complexity index is 225. The summed E-state index contributed by atoms with van der Waals surface area (Å²) in [5, 5.41) is 0. The van der Waals surface area contributed by atoms with Crippen molar-refractivity contribution < 1.29 is 14.4 Å². The molecule has 0 spiro atoms. The molecule has 0 aliphatic carbocycles. The van der Waals surface area contributed by atoms with Crippen LogP contribution in [0.2, 0.25) is 0 Å². The molecule has 7 nitrogen and oxygen atoms in total. The van der Waals surface area contributed by atoms with Gasteiger partial charge < -0.3 is 17.2 Å². The molecule has 0 radical (unpaired) electrons. The lowest BCUT2D eigenvalue weighted by molar-refractivity contribution is -0.124. The van der Waals surface area contributed by atoms with E-state index >= 15 is 0 Å². The van der Waals surface area contributed by atoms with Gasteiger partial charge in [-0.3, -0.25) is 19.3 Å². The summed E-state index contributed by atoms with van der Waals surface area (Å²) >= 11 is 0. The minimum atomic E-state index is -0.587. The highest BCUT2D eigenvalue weighted by Crippen LogP contribution is 1.90. The predicted octanol–water partition coefficient (Wildman–Crippen LogP) is -2.87. The highest BCUT2D eigenvalue weighted by atomic mass is 16.2.